The van der Waals surface area contributed by atoms with Crippen molar-refractivity contribution < 1.29 is 9.53 Å². The highest BCUT2D eigenvalue weighted by Gasteiger charge is 2.25. The summed E-state index contributed by atoms with van der Waals surface area (Å²) in [6, 6.07) is 2.28. The average molecular weight is 515 g/mol. The number of nitriles is 1. The number of aryl methyl sites for hydroxylation is 1. The van der Waals surface area contributed by atoms with Crippen LogP contribution < -0.4 is 4.74 Å². The van der Waals surface area contributed by atoms with Crippen LogP contribution >= 0.6 is 22.7 Å². The van der Waals surface area contributed by atoms with Crippen molar-refractivity contribution in [2.75, 3.05) is 26.2 Å². The highest BCUT2D eigenvalue weighted by atomic mass is 32.1. The second-order valence-corrected chi connectivity index (χ2v) is 13.3. The van der Waals surface area contributed by atoms with Crippen LogP contribution in [0.15, 0.2) is 6.20 Å². The minimum absolute atomic E-state index is 0.379. The molecule has 6 nitrogen and oxygen atoms in total. The quantitative estimate of drug-likeness (QED) is 0.408. The van der Waals surface area contributed by atoms with E-state index in [1.807, 2.05) is 27.0 Å². The number of hydrogen-bond donors (Lipinski definition) is 0. The molecule has 1 aliphatic heterocycles. The summed E-state index contributed by atoms with van der Waals surface area (Å²) in [5, 5.41) is 10.9. The second-order valence-electron chi connectivity index (χ2n) is 10.9. The largest absolute Gasteiger partial charge is 0.468 e. The minimum atomic E-state index is -0.490. The summed E-state index contributed by atoms with van der Waals surface area (Å²) in [6.07, 6.45) is 11.4. The highest BCUT2D eigenvalue weighted by molar-refractivity contribution is 7.13. The van der Waals surface area contributed by atoms with Crippen molar-refractivity contribution in [3.8, 4) is 11.3 Å². The zero-order chi connectivity index (χ0) is 24.8. The van der Waals surface area contributed by atoms with Crippen LogP contribution in [0.1, 0.15) is 72.8 Å². The molecule has 190 valence electrons. The van der Waals surface area contributed by atoms with E-state index >= 15 is 0 Å². The molecule has 0 N–H and O–H groups in total. The Balaban J connectivity index is 1.13. The van der Waals surface area contributed by atoms with Crippen molar-refractivity contribution in [2.45, 2.75) is 78.6 Å². The molecule has 1 aliphatic carbocycles. The first-order valence-corrected chi connectivity index (χ1v) is 14.6. The Hall–Kier alpha value is -1.82. The van der Waals surface area contributed by atoms with E-state index in [-0.39, 0.29) is 0 Å². The standard InChI is InChI=1S/C27H38N4O2S2/c1-19-29-16-23(34-19)15-22(32)14-21-6-4-20(5-7-21)8-11-31-12-9-24-25(10-13-31)35-26(30-24)33-18-27(2,3)17-28/h16,20-21H,4-15,18H2,1-3H3. The second kappa shape index (κ2) is 11.9. The molecule has 0 saturated heterocycles. The molecule has 0 aromatic carbocycles. The molecule has 1 fully saturated rings. The normalized spacial score (nSPS) is 21.2. The van der Waals surface area contributed by atoms with Crippen LogP contribution in [-0.2, 0) is 24.1 Å². The van der Waals surface area contributed by atoms with Gasteiger partial charge in [-0.3, -0.25) is 4.79 Å². The number of ketones is 1. The summed E-state index contributed by atoms with van der Waals surface area (Å²) in [7, 11) is 0. The van der Waals surface area contributed by atoms with Gasteiger partial charge in [0.25, 0.3) is 5.19 Å². The SMILES string of the molecule is Cc1ncc(CC(=O)CC2CCC(CCN3CCc4nc(OCC(C)(C)C#N)sc4CC3)CC2)s1. The topological polar surface area (TPSA) is 79.1 Å². The molecule has 8 heteroatoms. The third-order valence-corrected chi connectivity index (χ3v) is 9.30. The van der Waals surface area contributed by atoms with E-state index < -0.39 is 5.41 Å². The number of thiazole rings is 2. The van der Waals surface area contributed by atoms with Crippen molar-refractivity contribution in [1.29, 1.82) is 5.26 Å². The lowest BCUT2D eigenvalue weighted by Crippen LogP contribution is -2.30. The van der Waals surface area contributed by atoms with Crippen molar-refractivity contribution in [3.63, 3.8) is 0 Å². The first kappa shape index (κ1) is 26.2. The molecule has 0 unspecified atom stereocenters. The first-order chi connectivity index (χ1) is 16.8. The van der Waals surface area contributed by atoms with Gasteiger partial charge in [0.15, 0.2) is 0 Å². The number of aromatic nitrogens is 2. The molecule has 2 aromatic heterocycles. The predicted molar refractivity (Wildman–Crippen MR) is 141 cm³/mol. The monoisotopic (exact) mass is 514 g/mol. The van der Waals surface area contributed by atoms with Crippen molar-refractivity contribution in [3.05, 3.63) is 26.7 Å². The number of hydrogen-bond acceptors (Lipinski definition) is 8. The lowest BCUT2D eigenvalue weighted by atomic mass is 9.78. The highest BCUT2D eigenvalue weighted by Crippen LogP contribution is 2.34. The maximum atomic E-state index is 12.5. The van der Waals surface area contributed by atoms with Crippen LogP contribution in [0.2, 0.25) is 0 Å². The van der Waals surface area contributed by atoms with Gasteiger partial charge in [0.1, 0.15) is 12.4 Å². The van der Waals surface area contributed by atoms with E-state index in [1.165, 1.54) is 42.7 Å². The smallest absolute Gasteiger partial charge is 0.273 e. The molecular weight excluding hydrogens is 476 g/mol. The maximum absolute atomic E-state index is 12.5. The Morgan fingerprint density at radius 1 is 1.20 bits per heavy atom. The van der Waals surface area contributed by atoms with Crippen LogP contribution in [0.4, 0.5) is 0 Å². The molecule has 35 heavy (non-hydrogen) atoms. The molecule has 3 heterocycles. The molecular formula is C27H38N4O2S2. The number of ether oxygens (including phenoxy) is 1. The van der Waals surface area contributed by atoms with Crippen molar-refractivity contribution in [1.82, 2.24) is 14.9 Å². The van der Waals surface area contributed by atoms with E-state index in [1.54, 1.807) is 22.7 Å². The summed E-state index contributed by atoms with van der Waals surface area (Å²) in [5.41, 5.74) is 0.691. The first-order valence-electron chi connectivity index (χ1n) is 13.0. The Morgan fingerprint density at radius 2 is 1.94 bits per heavy atom. The van der Waals surface area contributed by atoms with Gasteiger partial charge in [0.05, 0.1) is 22.2 Å². The Labute approximate surface area is 217 Å². The van der Waals surface area contributed by atoms with E-state index in [4.69, 9.17) is 9.72 Å². The number of carbonyl (C=O) groups excluding carboxylic acids is 1. The van der Waals surface area contributed by atoms with E-state index in [9.17, 15) is 10.1 Å². The van der Waals surface area contributed by atoms with Gasteiger partial charge in [-0.15, -0.1) is 11.3 Å². The Kier molecular flexibility index (Phi) is 8.96. The average Bonchev–Trinajstić information content (AvgIpc) is 3.38. The summed E-state index contributed by atoms with van der Waals surface area (Å²) in [5.74, 6) is 1.75. The van der Waals surface area contributed by atoms with Gasteiger partial charge >= 0.3 is 0 Å². The number of rotatable bonds is 10. The van der Waals surface area contributed by atoms with Gasteiger partial charge in [-0.1, -0.05) is 24.2 Å². The molecule has 0 amide bonds. The number of nitrogens with zero attached hydrogens (tertiary/aromatic N) is 4. The zero-order valence-electron chi connectivity index (χ0n) is 21.3. The lowest BCUT2D eigenvalue weighted by Gasteiger charge is -2.30. The van der Waals surface area contributed by atoms with Crippen molar-refractivity contribution in [2.24, 2.45) is 17.3 Å². The zero-order valence-corrected chi connectivity index (χ0v) is 23.0. The fourth-order valence-corrected chi connectivity index (χ4v) is 6.88. The summed E-state index contributed by atoms with van der Waals surface area (Å²) in [6.45, 7) is 9.45. The van der Waals surface area contributed by atoms with Crippen LogP contribution in [0.25, 0.3) is 0 Å². The molecule has 4 rings (SSSR count). The molecule has 1 saturated carbocycles. The fraction of sp³-hybridized carbons (Fsp3) is 0.704. The Morgan fingerprint density at radius 3 is 2.66 bits per heavy atom. The molecule has 0 bridgehead atoms. The number of Topliss-reactive ketones (excluding diaryl/α,β-unsaturated/α-hetero) is 1. The van der Waals surface area contributed by atoms with Crippen LogP contribution in [0.3, 0.4) is 0 Å². The molecule has 2 aliphatic rings. The van der Waals surface area contributed by atoms with Crippen LogP contribution in [0, 0.1) is 35.5 Å². The van der Waals surface area contributed by atoms with Gasteiger partial charge < -0.3 is 9.64 Å². The minimum Gasteiger partial charge on any atom is -0.468 e. The molecule has 0 spiro atoms. The van der Waals surface area contributed by atoms with Crippen LogP contribution in [0.5, 0.6) is 5.19 Å². The fourth-order valence-electron chi connectivity index (χ4n) is 5.11. The van der Waals surface area contributed by atoms with Gasteiger partial charge in [-0.05, 0) is 64.8 Å². The van der Waals surface area contributed by atoms with Crippen molar-refractivity contribution >= 4 is 28.5 Å². The lowest BCUT2D eigenvalue weighted by molar-refractivity contribution is -0.119. The summed E-state index contributed by atoms with van der Waals surface area (Å²) >= 11 is 3.30. The summed E-state index contributed by atoms with van der Waals surface area (Å²) in [4.78, 5) is 26.5. The van der Waals surface area contributed by atoms with E-state index in [0.29, 0.717) is 29.9 Å². The summed E-state index contributed by atoms with van der Waals surface area (Å²) < 4.78 is 5.82. The molecule has 0 atom stereocenters. The third kappa shape index (κ3) is 7.83. The van der Waals surface area contributed by atoms with Gasteiger partial charge in [0, 0.05) is 48.3 Å². The molecule has 2 aromatic rings. The van der Waals surface area contributed by atoms with Gasteiger partial charge in [0.2, 0.25) is 0 Å². The van der Waals surface area contributed by atoms with Crippen LogP contribution in [-0.4, -0.2) is 46.9 Å². The van der Waals surface area contributed by atoms with Gasteiger partial charge in [-0.2, -0.15) is 5.26 Å². The number of carbonyl (C=O) groups is 1. The number of fused-ring (bicyclic) bond motifs is 1. The van der Waals surface area contributed by atoms with E-state index in [0.717, 1.165) is 54.7 Å². The van der Waals surface area contributed by atoms with Gasteiger partial charge in [-0.25, -0.2) is 9.97 Å². The third-order valence-electron chi connectivity index (χ3n) is 7.31. The molecule has 0 radical (unpaired) electrons. The predicted octanol–water partition coefficient (Wildman–Crippen LogP) is 5.64. The van der Waals surface area contributed by atoms with E-state index in [2.05, 4.69) is 16.0 Å². The Bertz CT molecular complexity index is 1000. The maximum Gasteiger partial charge on any atom is 0.273 e.